The number of rotatable bonds is 7. The number of carbonyl (C=O) groups is 2. The Balaban J connectivity index is 2.11. The maximum absolute atomic E-state index is 12.5. The number of hydrogen-bond donors (Lipinski definition) is 1. The second-order valence-corrected chi connectivity index (χ2v) is 6.71. The van der Waals surface area contributed by atoms with Crippen LogP contribution in [0.1, 0.15) is 49.4 Å². The van der Waals surface area contributed by atoms with Crippen molar-refractivity contribution in [2.45, 2.75) is 50.7 Å². The first kappa shape index (κ1) is 21.4. The topological polar surface area (TPSA) is 107 Å². The number of ether oxygens (including phenoxy) is 4. The highest BCUT2D eigenvalue weighted by Gasteiger charge is 2.35. The van der Waals surface area contributed by atoms with Crippen LogP contribution in [-0.4, -0.2) is 44.8 Å². The fourth-order valence-electron chi connectivity index (χ4n) is 3.24. The summed E-state index contributed by atoms with van der Waals surface area (Å²) in [5.41, 5.74) is -0.732. The van der Waals surface area contributed by atoms with Gasteiger partial charge in [-0.1, -0.05) is 19.3 Å². The highest BCUT2D eigenvalue weighted by atomic mass is 16.5. The molecule has 28 heavy (non-hydrogen) atoms. The van der Waals surface area contributed by atoms with Gasteiger partial charge < -0.3 is 24.3 Å². The van der Waals surface area contributed by atoms with Crippen LogP contribution >= 0.6 is 0 Å². The maximum Gasteiger partial charge on any atom is 0.339 e. The summed E-state index contributed by atoms with van der Waals surface area (Å²) < 4.78 is 21.0. The summed E-state index contributed by atoms with van der Waals surface area (Å²) in [6.45, 7) is 1.47. The van der Waals surface area contributed by atoms with Gasteiger partial charge in [-0.3, -0.25) is 4.79 Å². The number of hydrogen-bond acceptors (Lipinski definition) is 7. The molecule has 1 aromatic carbocycles. The van der Waals surface area contributed by atoms with Crippen LogP contribution in [0.4, 0.5) is 0 Å². The van der Waals surface area contributed by atoms with Gasteiger partial charge in [0.2, 0.25) is 5.75 Å². The lowest BCUT2D eigenvalue weighted by molar-refractivity contribution is -0.130. The molecule has 1 atom stereocenters. The van der Waals surface area contributed by atoms with Gasteiger partial charge in [0.25, 0.3) is 5.91 Å². The Kier molecular flexibility index (Phi) is 7.10. The van der Waals surface area contributed by atoms with Gasteiger partial charge in [-0.05, 0) is 31.9 Å². The van der Waals surface area contributed by atoms with Crippen molar-refractivity contribution in [1.82, 2.24) is 5.32 Å². The summed E-state index contributed by atoms with van der Waals surface area (Å²) in [6.07, 6.45) is 2.95. The Morgan fingerprint density at radius 3 is 2.11 bits per heavy atom. The van der Waals surface area contributed by atoms with Crippen LogP contribution < -0.4 is 19.5 Å². The summed E-state index contributed by atoms with van der Waals surface area (Å²) in [5, 5.41) is 12.2. The third-order valence-electron chi connectivity index (χ3n) is 4.84. The molecule has 0 aromatic heterocycles. The van der Waals surface area contributed by atoms with Crippen LogP contribution in [0.3, 0.4) is 0 Å². The number of amides is 1. The standard InChI is InChI=1S/C20H26N2O6/c1-13(18(23)22-20(12-21)8-6-5-7-9-20)28-19(24)14-10-15(25-2)17(27-4)16(11-14)26-3/h10-11,13H,5-9H2,1-4H3,(H,22,23)/t13-/m0/s1. The molecule has 1 aliphatic carbocycles. The van der Waals surface area contributed by atoms with Crippen molar-refractivity contribution >= 4 is 11.9 Å². The molecule has 0 saturated heterocycles. The molecule has 1 N–H and O–H groups in total. The highest BCUT2D eigenvalue weighted by molar-refractivity contribution is 5.93. The first-order valence-electron chi connectivity index (χ1n) is 9.14. The van der Waals surface area contributed by atoms with Gasteiger partial charge in [-0.15, -0.1) is 0 Å². The van der Waals surface area contributed by atoms with Crippen molar-refractivity contribution in [1.29, 1.82) is 5.26 Å². The first-order valence-corrected chi connectivity index (χ1v) is 9.14. The number of methoxy groups -OCH3 is 3. The Labute approximate surface area is 164 Å². The van der Waals surface area contributed by atoms with E-state index in [1.165, 1.54) is 40.4 Å². The molecule has 0 aliphatic heterocycles. The predicted molar refractivity (Wildman–Crippen MR) is 101 cm³/mol. The summed E-state index contributed by atoms with van der Waals surface area (Å²) in [6, 6.07) is 5.11. The van der Waals surface area contributed by atoms with Crippen LogP contribution in [0.2, 0.25) is 0 Å². The molecule has 0 bridgehead atoms. The Bertz CT molecular complexity index is 739. The van der Waals surface area contributed by atoms with Gasteiger partial charge in [-0.2, -0.15) is 5.26 Å². The normalized spacial score (nSPS) is 16.2. The molecule has 1 aliphatic rings. The molecule has 0 heterocycles. The van der Waals surface area contributed by atoms with Crippen molar-refractivity contribution in [3.05, 3.63) is 17.7 Å². The van der Waals surface area contributed by atoms with Crippen molar-refractivity contribution in [3.63, 3.8) is 0 Å². The molecule has 0 radical (unpaired) electrons. The molecule has 1 amide bonds. The molecule has 1 fully saturated rings. The largest absolute Gasteiger partial charge is 0.493 e. The minimum atomic E-state index is -1.06. The second-order valence-electron chi connectivity index (χ2n) is 6.71. The highest BCUT2D eigenvalue weighted by Crippen LogP contribution is 2.38. The molecule has 1 aromatic rings. The molecule has 0 spiro atoms. The fourth-order valence-corrected chi connectivity index (χ4v) is 3.24. The zero-order valence-electron chi connectivity index (χ0n) is 16.7. The summed E-state index contributed by atoms with van der Waals surface area (Å²) in [4.78, 5) is 25.0. The average Bonchev–Trinajstić information content (AvgIpc) is 2.72. The minimum absolute atomic E-state index is 0.154. The molecular weight excluding hydrogens is 364 g/mol. The van der Waals surface area contributed by atoms with E-state index in [2.05, 4.69) is 11.4 Å². The van der Waals surface area contributed by atoms with E-state index >= 15 is 0 Å². The third-order valence-corrected chi connectivity index (χ3v) is 4.84. The van der Waals surface area contributed by atoms with Gasteiger partial charge >= 0.3 is 5.97 Å². The maximum atomic E-state index is 12.5. The van der Waals surface area contributed by atoms with Gasteiger partial charge in [0.05, 0.1) is 33.0 Å². The van der Waals surface area contributed by atoms with Gasteiger partial charge in [0, 0.05) is 0 Å². The van der Waals surface area contributed by atoms with E-state index in [-0.39, 0.29) is 5.56 Å². The van der Waals surface area contributed by atoms with E-state index in [1.807, 2.05) is 0 Å². The Hall–Kier alpha value is -2.95. The Morgan fingerprint density at radius 2 is 1.64 bits per heavy atom. The van der Waals surface area contributed by atoms with Crippen LogP contribution in [0.5, 0.6) is 17.2 Å². The third kappa shape index (κ3) is 4.66. The lowest BCUT2D eigenvalue weighted by Crippen LogP contribution is -2.52. The monoisotopic (exact) mass is 390 g/mol. The summed E-state index contributed by atoms with van der Waals surface area (Å²) >= 11 is 0. The van der Waals surface area contributed by atoms with E-state index < -0.39 is 23.5 Å². The minimum Gasteiger partial charge on any atom is -0.493 e. The lowest BCUT2D eigenvalue weighted by atomic mass is 9.83. The molecule has 8 nitrogen and oxygen atoms in total. The van der Waals surface area contributed by atoms with E-state index in [9.17, 15) is 14.9 Å². The molecule has 152 valence electrons. The molecule has 0 unspecified atom stereocenters. The van der Waals surface area contributed by atoms with Crippen molar-refractivity contribution in [2.75, 3.05) is 21.3 Å². The number of nitrogens with one attached hydrogen (secondary N) is 1. The second kappa shape index (κ2) is 9.31. The van der Waals surface area contributed by atoms with Gasteiger partial charge in [-0.25, -0.2) is 4.79 Å². The predicted octanol–water partition coefficient (Wildman–Crippen LogP) is 2.60. The summed E-state index contributed by atoms with van der Waals surface area (Å²) in [5.74, 6) is -0.255. The number of esters is 1. The van der Waals surface area contributed by atoms with Gasteiger partial charge in [0.15, 0.2) is 17.6 Å². The number of benzene rings is 1. The molecule has 2 rings (SSSR count). The Morgan fingerprint density at radius 1 is 1.07 bits per heavy atom. The SMILES string of the molecule is COc1cc(C(=O)O[C@@H](C)C(=O)NC2(C#N)CCCCC2)cc(OC)c1OC. The van der Waals surface area contributed by atoms with Crippen LogP contribution in [0, 0.1) is 11.3 Å². The number of nitrogens with zero attached hydrogens (tertiary/aromatic N) is 1. The lowest BCUT2D eigenvalue weighted by Gasteiger charge is -2.32. The average molecular weight is 390 g/mol. The van der Waals surface area contributed by atoms with Crippen molar-refractivity contribution in [3.8, 4) is 23.3 Å². The van der Waals surface area contributed by atoms with Gasteiger partial charge in [0.1, 0.15) is 5.54 Å². The van der Waals surface area contributed by atoms with Crippen molar-refractivity contribution < 1.29 is 28.5 Å². The fraction of sp³-hybridized carbons (Fsp3) is 0.550. The quantitative estimate of drug-likeness (QED) is 0.713. The molecule has 8 heteroatoms. The van der Waals surface area contributed by atoms with E-state index in [0.717, 1.165) is 19.3 Å². The van der Waals surface area contributed by atoms with E-state index in [0.29, 0.717) is 30.1 Å². The van der Waals surface area contributed by atoms with E-state index in [1.54, 1.807) is 0 Å². The summed E-state index contributed by atoms with van der Waals surface area (Å²) in [7, 11) is 4.34. The molecular formula is C20H26N2O6. The molecule has 1 saturated carbocycles. The van der Waals surface area contributed by atoms with Crippen LogP contribution in [0.15, 0.2) is 12.1 Å². The van der Waals surface area contributed by atoms with Crippen LogP contribution in [0.25, 0.3) is 0 Å². The zero-order valence-corrected chi connectivity index (χ0v) is 16.7. The number of carbonyl (C=O) groups excluding carboxylic acids is 2. The van der Waals surface area contributed by atoms with Crippen LogP contribution in [-0.2, 0) is 9.53 Å². The smallest absolute Gasteiger partial charge is 0.339 e. The zero-order chi connectivity index (χ0) is 20.7. The number of nitriles is 1. The first-order chi connectivity index (χ1) is 13.4. The van der Waals surface area contributed by atoms with Crippen molar-refractivity contribution in [2.24, 2.45) is 0 Å². The van der Waals surface area contributed by atoms with E-state index in [4.69, 9.17) is 18.9 Å².